The van der Waals surface area contributed by atoms with Gasteiger partial charge in [0.05, 0.1) is 16.1 Å². The number of halogens is 1. The molecule has 0 fully saturated rings. The molecule has 0 atom stereocenters. The molecule has 0 saturated heterocycles. The van der Waals surface area contributed by atoms with Gasteiger partial charge in [-0.1, -0.05) is 17.7 Å². The second-order valence-corrected chi connectivity index (χ2v) is 3.33. The molecule has 0 bridgehead atoms. The van der Waals surface area contributed by atoms with Crippen LogP contribution in [0.2, 0.25) is 5.02 Å². The Hall–Kier alpha value is -1.46. The molecule has 2 aromatic rings. The lowest BCUT2D eigenvalue weighted by atomic mass is 10.2. The molecule has 1 aromatic carbocycles. The highest BCUT2D eigenvalue weighted by Gasteiger charge is 2.06. The quantitative estimate of drug-likeness (QED) is 0.682. The second-order valence-electron chi connectivity index (χ2n) is 2.96. The maximum atomic E-state index is 8.74. The summed E-state index contributed by atoms with van der Waals surface area (Å²) in [4.78, 5) is 3.12. The number of H-pyrrole nitrogens is 1. The lowest BCUT2D eigenvalue weighted by Crippen LogP contribution is -1.78. The van der Waals surface area contributed by atoms with Crippen LogP contribution in [0.5, 0.6) is 0 Å². The first-order chi connectivity index (χ1) is 6.22. The number of aryl methyl sites for hydroxylation is 1. The third-order valence-corrected chi connectivity index (χ3v) is 2.38. The Labute approximate surface area is 80.7 Å². The van der Waals surface area contributed by atoms with Gasteiger partial charge in [-0.15, -0.1) is 0 Å². The van der Waals surface area contributed by atoms with E-state index in [0.717, 1.165) is 16.6 Å². The lowest BCUT2D eigenvalue weighted by molar-refractivity contribution is 1.30. The summed E-state index contributed by atoms with van der Waals surface area (Å²) in [5, 5.41) is 10.3. The SMILES string of the molecule is Cc1cc2ccc(C#N)c(Cl)c2[nH]1. The summed E-state index contributed by atoms with van der Waals surface area (Å²) in [5.74, 6) is 0. The van der Waals surface area contributed by atoms with Crippen LogP contribution in [0, 0.1) is 18.3 Å². The number of hydrogen-bond donors (Lipinski definition) is 1. The number of benzene rings is 1. The molecule has 0 spiro atoms. The molecule has 0 radical (unpaired) electrons. The van der Waals surface area contributed by atoms with E-state index in [0.29, 0.717) is 10.6 Å². The Balaban J connectivity index is 2.87. The van der Waals surface area contributed by atoms with Gasteiger partial charge in [-0.25, -0.2) is 0 Å². The third kappa shape index (κ3) is 1.18. The highest BCUT2D eigenvalue weighted by atomic mass is 35.5. The van der Waals surface area contributed by atoms with Crippen LogP contribution in [-0.4, -0.2) is 4.98 Å². The van der Waals surface area contributed by atoms with Crippen LogP contribution in [0.4, 0.5) is 0 Å². The molecule has 3 heteroatoms. The Morgan fingerprint density at radius 3 is 2.92 bits per heavy atom. The summed E-state index contributed by atoms with van der Waals surface area (Å²) in [6.07, 6.45) is 0. The van der Waals surface area contributed by atoms with Gasteiger partial charge in [-0.3, -0.25) is 0 Å². The number of fused-ring (bicyclic) bond motifs is 1. The zero-order valence-corrected chi connectivity index (χ0v) is 7.81. The summed E-state index contributed by atoms with van der Waals surface area (Å²) in [7, 11) is 0. The summed E-state index contributed by atoms with van der Waals surface area (Å²) >= 11 is 6.00. The zero-order chi connectivity index (χ0) is 9.42. The predicted molar refractivity (Wildman–Crippen MR) is 52.8 cm³/mol. The van der Waals surface area contributed by atoms with Gasteiger partial charge >= 0.3 is 0 Å². The van der Waals surface area contributed by atoms with Crippen molar-refractivity contribution in [2.45, 2.75) is 6.92 Å². The third-order valence-electron chi connectivity index (χ3n) is 1.99. The van der Waals surface area contributed by atoms with Crippen molar-refractivity contribution in [3.05, 3.63) is 34.5 Å². The molecular weight excluding hydrogens is 184 g/mol. The van der Waals surface area contributed by atoms with Crippen LogP contribution in [0.3, 0.4) is 0 Å². The smallest absolute Gasteiger partial charge is 0.101 e. The van der Waals surface area contributed by atoms with Gasteiger partial charge in [-0.2, -0.15) is 5.26 Å². The van der Waals surface area contributed by atoms with Crippen molar-refractivity contribution < 1.29 is 0 Å². The van der Waals surface area contributed by atoms with Crippen molar-refractivity contribution >= 4 is 22.5 Å². The maximum absolute atomic E-state index is 8.74. The van der Waals surface area contributed by atoms with Crippen LogP contribution in [0.1, 0.15) is 11.3 Å². The Morgan fingerprint density at radius 1 is 1.46 bits per heavy atom. The average Bonchev–Trinajstić information content (AvgIpc) is 2.47. The van der Waals surface area contributed by atoms with Crippen LogP contribution in [-0.2, 0) is 0 Å². The van der Waals surface area contributed by atoms with Crippen molar-refractivity contribution in [2.75, 3.05) is 0 Å². The molecule has 0 saturated carbocycles. The fourth-order valence-corrected chi connectivity index (χ4v) is 1.65. The molecule has 1 aromatic heterocycles. The van der Waals surface area contributed by atoms with Crippen LogP contribution >= 0.6 is 11.6 Å². The number of hydrogen-bond acceptors (Lipinski definition) is 1. The molecule has 0 aliphatic rings. The van der Waals surface area contributed by atoms with Crippen molar-refractivity contribution in [3.63, 3.8) is 0 Å². The van der Waals surface area contributed by atoms with E-state index in [-0.39, 0.29) is 0 Å². The lowest BCUT2D eigenvalue weighted by Gasteiger charge is -1.95. The van der Waals surface area contributed by atoms with E-state index in [1.807, 2.05) is 25.1 Å². The minimum atomic E-state index is 0.508. The van der Waals surface area contributed by atoms with Crippen LogP contribution in [0.25, 0.3) is 10.9 Å². The van der Waals surface area contributed by atoms with Crippen LogP contribution < -0.4 is 0 Å². The number of rotatable bonds is 0. The number of aromatic nitrogens is 1. The topological polar surface area (TPSA) is 39.6 Å². The standard InChI is InChI=1S/C10H7ClN2/c1-6-4-7-2-3-8(5-12)9(11)10(7)13-6/h2-4,13H,1H3. The minimum absolute atomic E-state index is 0.508. The predicted octanol–water partition coefficient (Wildman–Crippen LogP) is 3.00. The van der Waals surface area contributed by atoms with E-state index in [2.05, 4.69) is 4.98 Å². The van der Waals surface area contributed by atoms with Crippen LogP contribution in [0.15, 0.2) is 18.2 Å². The van der Waals surface area contributed by atoms with Gasteiger partial charge < -0.3 is 4.98 Å². The van der Waals surface area contributed by atoms with E-state index in [9.17, 15) is 0 Å². The van der Waals surface area contributed by atoms with Gasteiger partial charge in [0.15, 0.2) is 0 Å². The molecule has 0 aliphatic carbocycles. The Bertz CT molecular complexity index is 505. The fraction of sp³-hybridized carbons (Fsp3) is 0.100. The number of nitriles is 1. The van der Waals surface area contributed by atoms with E-state index in [4.69, 9.17) is 16.9 Å². The molecule has 0 amide bonds. The second kappa shape index (κ2) is 2.79. The van der Waals surface area contributed by atoms with E-state index in [1.54, 1.807) is 6.07 Å². The highest BCUT2D eigenvalue weighted by Crippen LogP contribution is 2.26. The minimum Gasteiger partial charge on any atom is -0.357 e. The van der Waals surface area contributed by atoms with Crippen molar-refractivity contribution in [2.24, 2.45) is 0 Å². The number of aromatic amines is 1. The Kier molecular flexibility index (Phi) is 1.75. The molecule has 2 rings (SSSR count). The summed E-state index contributed by atoms with van der Waals surface area (Å²) in [6, 6.07) is 7.67. The molecule has 1 N–H and O–H groups in total. The largest absolute Gasteiger partial charge is 0.357 e. The highest BCUT2D eigenvalue weighted by molar-refractivity contribution is 6.36. The van der Waals surface area contributed by atoms with Gasteiger partial charge in [0.25, 0.3) is 0 Å². The van der Waals surface area contributed by atoms with Gasteiger partial charge in [0.2, 0.25) is 0 Å². The first kappa shape index (κ1) is 8.15. The maximum Gasteiger partial charge on any atom is 0.101 e. The first-order valence-electron chi connectivity index (χ1n) is 3.90. The van der Waals surface area contributed by atoms with Crippen molar-refractivity contribution in [3.8, 4) is 6.07 Å². The Morgan fingerprint density at radius 2 is 2.23 bits per heavy atom. The summed E-state index contributed by atoms with van der Waals surface area (Å²) < 4.78 is 0. The molecule has 2 nitrogen and oxygen atoms in total. The molecule has 13 heavy (non-hydrogen) atoms. The zero-order valence-electron chi connectivity index (χ0n) is 7.06. The van der Waals surface area contributed by atoms with Crippen molar-refractivity contribution in [1.82, 2.24) is 4.98 Å². The average molecular weight is 191 g/mol. The van der Waals surface area contributed by atoms with Gasteiger partial charge in [-0.05, 0) is 19.1 Å². The number of nitrogens with zero attached hydrogens (tertiary/aromatic N) is 1. The summed E-state index contributed by atoms with van der Waals surface area (Å²) in [6.45, 7) is 1.96. The van der Waals surface area contributed by atoms with E-state index >= 15 is 0 Å². The molecule has 64 valence electrons. The normalized spacial score (nSPS) is 10.2. The molecule has 0 unspecified atom stereocenters. The van der Waals surface area contributed by atoms with E-state index in [1.165, 1.54) is 0 Å². The molecular formula is C10H7ClN2. The van der Waals surface area contributed by atoms with Gasteiger partial charge in [0, 0.05) is 11.1 Å². The number of nitrogens with one attached hydrogen (secondary N) is 1. The molecule has 1 heterocycles. The summed E-state index contributed by atoms with van der Waals surface area (Å²) in [5.41, 5.74) is 2.40. The van der Waals surface area contributed by atoms with E-state index < -0.39 is 0 Å². The molecule has 0 aliphatic heterocycles. The fourth-order valence-electron chi connectivity index (χ4n) is 1.39. The monoisotopic (exact) mass is 190 g/mol. The first-order valence-corrected chi connectivity index (χ1v) is 4.28. The van der Waals surface area contributed by atoms with Gasteiger partial charge in [0.1, 0.15) is 6.07 Å². The van der Waals surface area contributed by atoms with Crippen molar-refractivity contribution in [1.29, 1.82) is 5.26 Å².